The zero-order valence-electron chi connectivity index (χ0n) is 10.5. The van der Waals surface area contributed by atoms with E-state index in [4.69, 9.17) is 17.7 Å². The van der Waals surface area contributed by atoms with Crippen LogP contribution in [0, 0.1) is 0 Å². The molecule has 2 rings (SSSR count). The molecule has 1 atom stereocenters. The lowest BCUT2D eigenvalue weighted by Gasteiger charge is -2.23. The van der Waals surface area contributed by atoms with Gasteiger partial charge in [-0.1, -0.05) is 6.92 Å². The topological polar surface area (TPSA) is 75.6 Å². The number of ether oxygens (including phenoxy) is 1. The Kier molecular flexibility index (Phi) is 5.95. The Hall–Kier alpha value is -0.680. The summed E-state index contributed by atoms with van der Waals surface area (Å²) in [6.45, 7) is 3.91. The molecule has 2 N–H and O–H groups in total. The van der Waals surface area contributed by atoms with Gasteiger partial charge in [-0.2, -0.15) is 21.6 Å². The molecule has 0 fully saturated rings. The molecule has 1 unspecified atom stereocenters. The van der Waals surface area contributed by atoms with E-state index in [1.54, 1.807) is 11.3 Å². The quantitative estimate of drug-likeness (QED) is 0.642. The van der Waals surface area contributed by atoms with Gasteiger partial charge in [0.05, 0.1) is 11.5 Å². The third kappa shape index (κ3) is 4.70. The Labute approximate surface area is 118 Å². The summed E-state index contributed by atoms with van der Waals surface area (Å²) in [5, 5.41) is 5.46. The molecule has 20 heavy (non-hydrogen) atoms. The van der Waals surface area contributed by atoms with Crippen LogP contribution in [0.3, 0.4) is 0 Å². The second-order valence-electron chi connectivity index (χ2n) is 3.79. The number of halogens is 3. The Morgan fingerprint density at radius 3 is 2.65 bits per heavy atom. The van der Waals surface area contributed by atoms with Gasteiger partial charge in [-0.05, 0) is 30.0 Å². The monoisotopic (exact) mass is 333 g/mol. The van der Waals surface area contributed by atoms with Crippen molar-refractivity contribution in [2.45, 2.75) is 25.1 Å². The van der Waals surface area contributed by atoms with E-state index in [1.165, 1.54) is 10.4 Å². The van der Waals surface area contributed by atoms with Crippen LogP contribution < -0.4 is 5.32 Å². The fraction of sp³-hybridized carbons (Fsp3) is 0.600. The zero-order chi connectivity index (χ0) is 15.4. The van der Waals surface area contributed by atoms with E-state index >= 15 is 0 Å². The fourth-order valence-corrected chi connectivity index (χ4v) is 2.46. The highest BCUT2D eigenvalue weighted by atomic mass is 32.2. The number of nitrogens with one attached hydrogen (secondary N) is 1. The average molecular weight is 333 g/mol. The highest BCUT2D eigenvalue weighted by Gasteiger charge is 2.44. The van der Waals surface area contributed by atoms with E-state index in [2.05, 4.69) is 23.7 Å². The van der Waals surface area contributed by atoms with Crippen molar-refractivity contribution in [3.05, 3.63) is 21.9 Å². The first-order valence-electron chi connectivity index (χ1n) is 5.61. The van der Waals surface area contributed by atoms with Crippen molar-refractivity contribution in [3.8, 4) is 0 Å². The Morgan fingerprint density at radius 1 is 1.55 bits per heavy atom. The van der Waals surface area contributed by atoms with Crippen molar-refractivity contribution in [2.24, 2.45) is 0 Å². The van der Waals surface area contributed by atoms with Gasteiger partial charge in [0.25, 0.3) is 0 Å². The molecule has 10 heteroatoms. The number of hydrogen-bond acceptors (Lipinski definition) is 5. The molecule has 0 aromatic carbocycles. The van der Waals surface area contributed by atoms with E-state index in [9.17, 15) is 13.2 Å². The number of fused-ring (bicyclic) bond motifs is 1. The predicted octanol–water partition coefficient (Wildman–Crippen LogP) is 2.32. The van der Waals surface area contributed by atoms with Gasteiger partial charge < -0.3 is 4.74 Å². The van der Waals surface area contributed by atoms with Gasteiger partial charge in [0.15, 0.2) is 0 Å². The van der Waals surface area contributed by atoms with Crippen molar-refractivity contribution in [1.29, 1.82) is 0 Å². The summed E-state index contributed by atoms with van der Waals surface area (Å²) in [4.78, 5) is 1.36. The maximum atomic E-state index is 10.7. The molecule has 1 aliphatic heterocycles. The standard InChI is InChI=1S/C9H13NOS.CHF3O3S/c1-2-10-9-8-7(3-5-11-9)4-6-12-8;2-1(3,4)8(5,6)7/h4,6,9-10H,2-3,5H2,1H3;(H,5,6,7). The maximum Gasteiger partial charge on any atom is 0.522 e. The molecular weight excluding hydrogens is 319 g/mol. The van der Waals surface area contributed by atoms with E-state index in [0.29, 0.717) is 0 Å². The van der Waals surface area contributed by atoms with Gasteiger partial charge in [0, 0.05) is 0 Å². The van der Waals surface area contributed by atoms with Gasteiger partial charge in [-0.3, -0.25) is 9.87 Å². The number of thiophene rings is 1. The molecule has 1 aliphatic rings. The molecule has 0 aliphatic carbocycles. The molecule has 5 nitrogen and oxygen atoms in total. The molecule has 0 amide bonds. The first kappa shape index (κ1) is 17.4. The first-order chi connectivity index (χ1) is 9.17. The Balaban J connectivity index is 0.000000221. The van der Waals surface area contributed by atoms with Crippen molar-refractivity contribution < 1.29 is 30.9 Å². The Bertz CT molecular complexity index is 527. The summed E-state index contributed by atoms with van der Waals surface area (Å²) < 4.78 is 63.1. The molecule has 1 aromatic rings. The van der Waals surface area contributed by atoms with Crippen LogP contribution in [-0.4, -0.2) is 31.6 Å². The summed E-state index contributed by atoms with van der Waals surface area (Å²) in [6.07, 6.45) is 1.22. The van der Waals surface area contributed by atoms with E-state index < -0.39 is 15.6 Å². The summed E-state index contributed by atoms with van der Waals surface area (Å²) in [7, 11) is -5.84. The predicted molar refractivity (Wildman–Crippen MR) is 68.0 cm³/mol. The molecule has 0 spiro atoms. The van der Waals surface area contributed by atoms with Gasteiger partial charge >= 0.3 is 15.6 Å². The van der Waals surface area contributed by atoms with Crippen molar-refractivity contribution in [3.63, 3.8) is 0 Å². The van der Waals surface area contributed by atoms with Crippen LogP contribution in [0.1, 0.15) is 23.6 Å². The summed E-state index contributed by atoms with van der Waals surface area (Å²) in [6, 6.07) is 2.20. The van der Waals surface area contributed by atoms with E-state index in [-0.39, 0.29) is 6.23 Å². The summed E-state index contributed by atoms with van der Waals surface area (Å²) in [5.41, 5.74) is -4.08. The van der Waals surface area contributed by atoms with Gasteiger partial charge in [0.2, 0.25) is 0 Å². The van der Waals surface area contributed by atoms with Crippen LogP contribution in [0.4, 0.5) is 13.2 Å². The summed E-state index contributed by atoms with van der Waals surface area (Å²) >= 11 is 1.79. The summed E-state index contributed by atoms with van der Waals surface area (Å²) in [5.74, 6) is 0. The number of hydrogen-bond donors (Lipinski definition) is 2. The molecule has 0 bridgehead atoms. The Morgan fingerprint density at radius 2 is 2.15 bits per heavy atom. The molecule has 116 valence electrons. The fourth-order valence-electron chi connectivity index (χ4n) is 1.48. The lowest BCUT2D eigenvalue weighted by molar-refractivity contribution is -0.0510. The van der Waals surface area contributed by atoms with Gasteiger partial charge in [-0.15, -0.1) is 11.3 Å². The van der Waals surface area contributed by atoms with Crippen LogP contribution in [-0.2, 0) is 21.3 Å². The van der Waals surface area contributed by atoms with E-state index in [0.717, 1.165) is 19.6 Å². The average Bonchev–Trinajstić information content (AvgIpc) is 2.76. The number of alkyl halides is 3. The minimum absolute atomic E-state index is 0.152. The van der Waals surface area contributed by atoms with Crippen molar-refractivity contribution in [2.75, 3.05) is 13.2 Å². The largest absolute Gasteiger partial charge is 0.522 e. The first-order valence-corrected chi connectivity index (χ1v) is 7.93. The normalized spacial score (nSPS) is 18.9. The zero-order valence-corrected chi connectivity index (χ0v) is 12.1. The van der Waals surface area contributed by atoms with E-state index in [1.807, 2.05) is 0 Å². The van der Waals surface area contributed by atoms with Crippen molar-refractivity contribution >= 4 is 21.5 Å². The van der Waals surface area contributed by atoms with Crippen molar-refractivity contribution in [1.82, 2.24) is 5.32 Å². The second kappa shape index (κ2) is 6.85. The third-order valence-corrected chi connectivity index (χ3v) is 3.94. The minimum atomic E-state index is -5.84. The molecular formula is C10H14F3NO4S2. The SMILES string of the molecule is CCNC1OCCc2ccsc21.O=S(=O)(O)C(F)(F)F. The third-order valence-electron chi connectivity index (χ3n) is 2.36. The lowest BCUT2D eigenvalue weighted by Crippen LogP contribution is -2.27. The van der Waals surface area contributed by atoms with Crippen LogP contribution >= 0.6 is 11.3 Å². The maximum absolute atomic E-state index is 10.7. The number of rotatable bonds is 2. The molecule has 2 heterocycles. The molecule has 0 saturated carbocycles. The van der Waals surface area contributed by atoms with Gasteiger partial charge in [0.1, 0.15) is 6.23 Å². The highest BCUT2D eigenvalue weighted by Crippen LogP contribution is 2.29. The minimum Gasteiger partial charge on any atom is -0.358 e. The highest BCUT2D eigenvalue weighted by molar-refractivity contribution is 7.86. The van der Waals surface area contributed by atoms with Crippen LogP contribution in [0.15, 0.2) is 11.4 Å². The van der Waals surface area contributed by atoms with Gasteiger partial charge in [-0.25, -0.2) is 0 Å². The van der Waals surface area contributed by atoms with Crippen LogP contribution in [0.25, 0.3) is 0 Å². The van der Waals surface area contributed by atoms with Crippen LogP contribution in [0.2, 0.25) is 0 Å². The molecule has 0 radical (unpaired) electrons. The molecule has 1 aromatic heterocycles. The van der Waals surface area contributed by atoms with Crippen LogP contribution in [0.5, 0.6) is 0 Å². The molecule has 0 saturated heterocycles. The second-order valence-corrected chi connectivity index (χ2v) is 6.15. The lowest BCUT2D eigenvalue weighted by atomic mass is 10.1. The smallest absolute Gasteiger partial charge is 0.358 e.